The summed E-state index contributed by atoms with van der Waals surface area (Å²) in [6.45, 7) is 0. The minimum absolute atomic E-state index is 0.171. The standard InChI is InChI=1S/C17H23Br2N/c18-14-7-8-16(19)15(10-14)17(20)13-6-5-11-3-1-2-4-12(11)9-13/h7-8,10-13,17H,1-6,9,20H2. The fourth-order valence-corrected chi connectivity index (χ4v) is 5.15. The van der Waals surface area contributed by atoms with Crippen LogP contribution < -0.4 is 5.73 Å². The van der Waals surface area contributed by atoms with Crippen molar-refractivity contribution in [1.29, 1.82) is 0 Å². The van der Waals surface area contributed by atoms with Crippen LogP contribution in [0.2, 0.25) is 0 Å². The molecule has 1 aromatic rings. The maximum absolute atomic E-state index is 6.61. The molecule has 20 heavy (non-hydrogen) atoms. The van der Waals surface area contributed by atoms with E-state index >= 15 is 0 Å². The first-order valence-corrected chi connectivity index (χ1v) is 9.44. The summed E-state index contributed by atoms with van der Waals surface area (Å²) < 4.78 is 2.27. The lowest BCUT2D eigenvalue weighted by Crippen LogP contribution is -2.33. The average Bonchev–Trinajstić information content (AvgIpc) is 2.48. The highest BCUT2D eigenvalue weighted by molar-refractivity contribution is 9.11. The Bertz CT molecular complexity index is 474. The predicted molar refractivity (Wildman–Crippen MR) is 91.6 cm³/mol. The molecule has 2 fully saturated rings. The molecule has 3 rings (SSSR count). The molecule has 1 nitrogen and oxygen atoms in total. The van der Waals surface area contributed by atoms with Gasteiger partial charge in [-0.05, 0) is 60.8 Å². The van der Waals surface area contributed by atoms with Gasteiger partial charge in [0.25, 0.3) is 0 Å². The van der Waals surface area contributed by atoms with Gasteiger partial charge in [-0.1, -0.05) is 57.5 Å². The van der Waals surface area contributed by atoms with E-state index in [1.54, 1.807) is 0 Å². The van der Waals surface area contributed by atoms with Gasteiger partial charge in [-0.3, -0.25) is 0 Å². The van der Waals surface area contributed by atoms with Crippen LogP contribution in [0, 0.1) is 17.8 Å². The second-order valence-corrected chi connectivity index (χ2v) is 8.34. The molecule has 3 heteroatoms. The number of fused-ring (bicyclic) bond motifs is 1. The summed E-state index contributed by atoms with van der Waals surface area (Å²) >= 11 is 7.23. The fourth-order valence-electron chi connectivity index (χ4n) is 4.26. The third kappa shape index (κ3) is 3.15. The number of hydrogen-bond acceptors (Lipinski definition) is 1. The molecule has 2 aliphatic rings. The molecule has 0 aliphatic heterocycles. The van der Waals surface area contributed by atoms with Crippen molar-refractivity contribution >= 4 is 31.9 Å². The molecule has 0 bridgehead atoms. The average molecular weight is 401 g/mol. The Morgan fingerprint density at radius 1 is 1.00 bits per heavy atom. The van der Waals surface area contributed by atoms with Crippen LogP contribution in [0.25, 0.3) is 0 Å². The Kier molecular flexibility index (Phi) is 4.89. The van der Waals surface area contributed by atoms with Crippen molar-refractivity contribution in [1.82, 2.24) is 0 Å². The molecule has 2 saturated carbocycles. The van der Waals surface area contributed by atoms with E-state index in [0.29, 0.717) is 5.92 Å². The highest BCUT2D eigenvalue weighted by Gasteiger charge is 2.35. The molecular weight excluding hydrogens is 378 g/mol. The van der Waals surface area contributed by atoms with E-state index in [1.165, 1.54) is 50.5 Å². The van der Waals surface area contributed by atoms with Crippen LogP contribution in [0.4, 0.5) is 0 Å². The minimum Gasteiger partial charge on any atom is -0.324 e. The predicted octanol–water partition coefficient (Wildman–Crippen LogP) is 5.82. The number of hydrogen-bond donors (Lipinski definition) is 1. The fraction of sp³-hybridized carbons (Fsp3) is 0.647. The molecule has 0 saturated heterocycles. The SMILES string of the molecule is NC(c1cc(Br)ccc1Br)C1CCC2CCCCC2C1. The van der Waals surface area contributed by atoms with Crippen LogP contribution in [0.3, 0.4) is 0 Å². The Hall–Kier alpha value is 0.140. The highest BCUT2D eigenvalue weighted by Crippen LogP contribution is 2.46. The lowest BCUT2D eigenvalue weighted by Gasteiger charge is -2.41. The smallest absolute Gasteiger partial charge is 0.0335 e. The Balaban J connectivity index is 1.74. The lowest BCUT2D eigenvalue weighted by atomic mass is 9.65. The first-order valence-electron chi connectivity index (χ1n) is 7.85. The van der Waals surface area contributed by atoms with E-state index < -0.39 is 0 Å². The molecule has 4 atom stereocenters. The van der Waals surface area contributed by atoms with Crippen LogP contribution in [0.1, 0.15) is 56.6 Å². The monoisotopic (exact) mass is 399 g/mol. The molecule has 4 unspecified atom stereocenters. The zero-order valence-electron chi connectivity index (χ0n) is 11.8. The number of nitrogens with two attached hydrogens (primary N) is 1. The van der Waals surface area contributed by atoms with Crippen LogP contribution in [-0.2, 0) is 0 Å². The third-order valence-electron chi connectivity index (χ3n) is 5.41. The lowest BCUT2D eigenvalue weighted by molar-refractivity contribution is 0.117. The Labute approximate surface area is 139 Å². The second kappa shape index (κ2) is 6.50. The van der Waals surface area contributed by atoms with Gasteiger partial charge in [-0.2, -0.15) is 0 Å². The molecule has 0 radical (unpaired) electrons. The molecule has 2 N–H and O–H groups in total. The van der Waals surface area contributed by atoms with Gasteiger partial charge in [0, 0.05) is 15.0 Å². The van der Waals surface area contributed by atoms with Gasteiger partial charge in [-0.25, -0.2) is 0 Å². The maximum atomic E-state index is 6.61. The van der Waals surface area contributed by atoms with Crippen molar-refractivity contribution in [3.05, 3.63) is 32.7 Å². The summed E-state index contributed by atoms with van der Waals surface area (Å²) in [6, 6.07) is 6.52. The van der Waals surface area contributed by atoms with Crippen molar-refractivity contribution in [3.8, 4) is 0 Å². The summed E-state index contributed by atoms with van der Waals surface area (Å²) in [7, 11) is 0. The first kappa shape index (κ1) is 15.1. The number of rotatable bonds is 2. The van der Waals surface area contributed by atoms with Crippen molar-refractivity contribution in [2.45, 2.75) is 51.0 Å². The van der Waals surface area contributed by atoms with Crippen LogP contribution in [0.15, 0.2) is 27.1 Å². The van der Waals surface area contributed by atoms with Gasteiger partial charge in [0.15, 0.2) is 0 Å². The van der Waals surface area contributed by atoms with E-state index in [0.717, 1.165) is 20.8 Å². The summed E-state index contributed by atoms with van der Waals surface area (Å²) in [5.74, 6) is 2.59. The normalized spacial score (nSPS) is 31.6. The van der Waals surface area contributed by atoms with Crippen LogP contribution in [-0.4, -0.2) is 0 Å². The molecule has 110 valence electrons. The Morgan fingerprint density at radius 2 is 1.75 bits per heavy atom. The summed E-state index contributed by atoms with van der Waals surface area (Å²) in [6.07, 6.45) is 9.83. The largest absolute Gasteiger partial charge is 0.324 e. The van der Waals surface area contributed by atoms with Gasteiger partial charge >= 0.3 is 0 Å². The molecule has 1 aromatic carbocycles. The summed E-state index contributed by atoms with van der Waals surface area (Å²) in [5, 5.41) is 0. The van der Waals surface area contributed by atoms with Gasteiger partial charge in [0.2, 0.25) is 0 Å². The Morgan fingerprint density at radius 3 is 2.55 bits per heavy atom. The van der Waals surface area contributed by atoms with Gasteiger partial charge in [0.1, 0.15) is 0 Å². The summed E-state index contributed by atoms with van der Waals surface area (Å²) in [5.41, 5.74) is 7.87. The van der Waals surface area contributed by atoms with Crippen molar-refractivity contribution in [3.63, 3.8) is 0 Å². The molecule has 0 aromatic heterocycles. The zero-order valence-corrected chi connectivity index (χ0v) is 15.0. The van der Waals surface area contributed by atoms with Gasteiger partial charge < -0.3 is 5.73 Å². The molecular formula is C17H23Br2N. The van der Waals surface area contributed by atoms with Crippen molar-refractivity contribution < 1.29 is 0 Å². The zero-order chi connectivity index (χ0) is 14.1. The summed E-state index contributed by atoms with van der Waals surface area (Å²) in [4.78, 5) is 0. The molecule has 0 heterocycles. The molecule has 0 spiro atoms. The topological polar surface area (TPSA) is 26.0 Å². The maximum Gasteiger partial charge on any atom is 0.0335 e. The van der Waals surface area contributed by atoms with Gasteiger partial charge in [0.05, 0.1) is 0 Å². The second-order valence-electron chi connectivity index (χ2n) is 6.57. The van der Waals surface area contributed by atoms with Crippen molar-refractivity contribution in [2.24, 2.45) is 23.5 Å². The van der Waals surface area contributed by atoms with E-state index in [4.69, 9.17) is 5.73 Å². The third-order valence-corrected chi connectivity index (χ3v) is 6.62. The van der Waals surface area contributed by atoms with Crippen LogP contribution >= 0.6 is 31.9 Å². The number of halogens is 2. The van der Waals surface area contributed by atoms with E-state index in [9.17, 15) is 0 Å². The molecule has 0 amide bonds. The minimum atomic E-state index is 0.171. The number of benzene rings is 1. The van der Waals surface area contributed by atoms with Crippen molar-refractivity contribution in [2.75, 3.05) is 0 Å². The first-order chi connectivity index (χ1) is 9.65. The van der Waals surface area contributed by atoms with Crippen LogP contribution in [0.5, 0.6) is 0 Å². The van der Waals surface area contributed by atoms with E-state index in [2.05, 4.69) is 50.1 Å². The van der Waals surface area contributed by atoms with Gasteiger partial charge in [-0.15, -0.1) is 0 Å². The van der Waals surface area contributed by atoms with E-state index in [-0.39, 0.29) is 6.04 Å². The van der Waals surface area contributed by atoms with E-state index in [1.807, 2.05) is 0 Å². The molecule has 2 aliphatic carbocycles. The highest BCUT2D eigenvalue weighted by atomic mass is 79.9. The quantitative estimate of drug-likeness (QED) is 0.664.